The molecule has 2 fully saturated rings. The Labute approximate surface area is 183 Å². The molecule has 2 saturated heterocycles. The van der Waals surface area contributed by atoms with Crippen LogP contribution in [-0.2, 0) is 23.9 Å². The molecule has 0 aliphatic carbocycles. The first-order valence-electron chi connectivity index (χ1n) is 10.4. The number of likely N-dealkylation sites (tertiary alicyclic amines) is 1. The van der Waals surface area contributed by atoms with Gasteiger partial charge in [0.05, 0.1) is 23.6 Å². The van der Waals surface area contributed by atoms with Gasteiger partial charge in [0.25, 0.3) is 5.91 Å². The molecule has 31 heavy (non-hydrogen) atoms. The smallest absolute Gasteiger partial charge is 0.399 e. The summed E-state index contributed by atoms with van der Waals surface area (Å²) in [6, 6.07) is -0.612. The summed E-state index contributed by atoms with van der Waals surface area (Å²) < 4.78 is 37.7. The Morgan fingerprint density at radius 2 is 1.81 bits per heavy atom. The minimum absolute atomic E-state index is 0.331. The highest BCUT2D eigenvalue weighted by atomic mass is 32.2. The predicted molar refractivity (Wildman–Crippen MR) is 112 cm³/mol. The summed E-state index contributed by atoms with van der Waals surface area (Å²) in [6.45, 7) is 7.28. The van der Waals surface area contributed by atoms with E-state index < -0.39 is 52.8 Å². The van der Waals surface area contributed by atoms with Gasteiger partial charge in [0, 0.05) is 30.4 Å². The lowest BCUT2D eigenvalue weighted by atomic mass is 9.81. The van der Waals surface area contributed by atoms with Gasteiger partial charge in [-0.25, -0.2) is 18.4 Å². The standard InChI is InChI=1S/C19H30BN3O7S/c1-18(2)19(3,4)30-20(29-18)13-9-21-17(22-10-13)31(27,28)12-14-7-5-6-8-23(14)16(26)15(25)11-24/h9-10,14-15,24-25H,5-8,11-12H2,1-4H3. The maximum absolute atomic E-state index is 12.9. The van der Waals surface area contributed by atoms with Crippen molar-refractivity contribution in [2.24, 2.45) is 0 Å². The molecule has 0 aromatic carbocycles. The van der Waals surface area contributed by atoms with E-state index in [9.17, 15) is 18.3 Å². The molecule has 3 heterocycles. The van der Waals surface area contributed by atoms with Crippen molar-refractivity contribution in [2.45, 2.75) is 75.5 Å². The van der Waals surface area contributed by atoms with Gasteiger partial charge in [-0.2, -0.15) is 0 Å². The molecule has 2 unspecified atom stereocenters. The third kappa shape index (κ3) is 4.93. The Hall–Kier alpha value is -1.60. The fraction of sp³-hybridized carbons (Fsp3) is 0.737. The van der Waals surface area contributed by atoms with Gasteiger partial charge < -0.3 is 24.4 Å². The van der Waals surface area contributed by atoms with Gasteiger partial charge in [0.15, 0.2) is 6.10 Å². The summed E-state index contributed by atoms with van der Waals surface area (Å²) in [5.41, 5.74) is -0.574. The van der Waals surface area contributed by atoms with Gasteiger partial charge in [-0.05, 0) is 47.0 Å². The largest absolute Gasteiger partial charge is 0.498 e. The average Bonchev–Trinajstić information content (AvgIpc) is 2.94. The Bertz CT molecular complexity index is 892. The molecule has 0 saturated carbocycles. The molecular weight excluding hydrogens is 425 g/mol. The zero-order valence-corrected chi connectivity index (χ0v) is 19.1. The summed E-state index contributed by atoms with van der Waals surface area (Å²) in [4.78, 5) is 21.7. The summed E-state index contributed by atoms with van der Waals surface area (Å²) in [6.07, 6.45) is 3.15. The second kappa shape index (κ2) is 8.74. The number of carbonyl (C=O) groups is 1. The lowest BCUT2D eigenvalue weighted by Crippen LogP contribution is -2.51. The molecule has 2 N–H and O–H groups in total. The van der Waals surface area contributed by atoms with Crippen molar-refractivity contribution in [1.29, 1.82) is 0 Å². The highest BCUT2D eigenvalue weighted by molar-refractivity contribution is 7.91. The first-order chi connectivity index (χ1) is 14.4. The number of sulfone groups is 1. The number of aliphatic hydroxyl groups excluding tert-OH is 2. The van der Waals surface area contributed by atoms with Crippen LogP contribution in [0.5, 0.6) is 0 Å². The van der Waals surface area contributed by atoms with Crippen LogP contribution >= 0.6 is 0 Å². The Morgan fingerprint density at radius 3 is 2.35 bits per heavy atom. The number of nitrogens with zero attached hydrogens (tertiary/aromatic N) is 3. The van der Waals surface area contributed by atoms with Gasteiger partial charge in [0.2, 0.25) is 15.0 Å². The highest BCUT2D eigenvalue weighted by Crippen LogP contribution is 2.36. The topological polar surface area (TPSA) is 139 Å². The van der Waals surface area contributed by atoms with E-state index in [1.165, 1.54) is 17.3 Å². The summed E-state index contributed by atoms with van der Waals surface area (Å²) in [5.74, 6) is -1.02. The first kappa shape index (κ1) is 24.1. The molecule has 0 spiro atoms. The van der Waals surface area contributed by atoms with Crippen LogP contribution in [0, 0.1) is 0 Å². The lowest BCUT2D eigenvalue weighted by Gasteiger charge is -2.36. The molecule has 3 rings (SSSR count). The van der Waals surface area contributed by atoms with E-state index in [0.717, 1.165) is 6.42 Å². The summed E-state index contributed by atoms with van der Waals surface area (Å²) >= 11 is 0. The fourth-order valence-corrected chi connectivity index (χ4v) is 5.08. The van der Waals surface area contributed by atoms with Gasteiger partial charge >= 0.3 is 7.12 Å². The second-order valence-electron chi connectivity index (χ2n) is 9.05. The molecule has 0 bridgehead atoms. The summed E-state index contributed by atoms with van der Waals surface area (Å²) in [5, 5.41) is 18.4. The molecule has 0 radical (unpaired) electrons. The van der Waals surface area contributed by atoms with Crippen molar-refractivity contribution in [1.82, 2.24) is 14.9 Å². The van der Waals surface area contributed by atoms with Crippen molar-refractivity contribution in [3.63, 3.8) is 0 Å². The van der Waals surface area contributed by atoms with Crippen molar-refractivity contribution in [3.05, 3.63) is 12.4 Å². The molecular formula is C19H30BN3O7S. The highest BCUT2D eigenvalue weighted by Gasteiger charge is 2.52. The van der Waals surface area contributed by atoms with Crippen LogP contribution in [0.1, 0.15) is 47.0 Å². The summed E-state index contributed by atoms with van der Waals surface area (Å²) in [7, 11) is -4.59. The van der Waals surface area contributed by atoms with Crippen molar-refractivity contribution in [3.8, 4) is 0 Å². The minimum atomic E-state index is -3.89. The van der Waals surface area contributed by atoms with Crippen molar-refractivity contribution < 1.29 is 32.7 Å². The molecule has 172 valence electrons. The number of amides is 1. The van der Waals surface area contributed by atoms with Crippen LogP contribution in [0.15, 0.2) is 17.6 Å². The molecule has 1 amide bonds. The molecule has 2 atom stereocenters. The van der Waals surface area contributed by atoms with E-state index in [1.807, 2.05) is 27.7 Å². The molecule has 12 heteroatoms. The van der Waals surface area contributed by atoms with E-state index >= 15 is 0 Å². The average molecular weight is 455 g/mol. The lowest BCUT2D eigenvalue weighted by molar-refractivity contribution is -0.145. The van der Waals surface area contributed by atoms with Crippen molar-refractivity contribution in [2.75, 3.05) is 18.9 Å². The monoisotopic (exact) mass is 455 g/mol. The fourth-order valence-electron chi connectivity index (χ4n) is 3.65. The second-order valence-corrected chi connectivity index (χ2v) is 11.0. The minimum Gasteiger partial charge on any atom is -0.399 e. The molecule has 2 aliphatic heterocycles. The zero-order chi connectivity index (χ0) is 23.0. The van der Waals surface area contributed by atoms with Gasteiger partial charge in [-0.3, -0.25) is 4.79 Å². The number of aliphatic hydroxyl groups is 2. The number of hydrogen-bond acceptors (Lipinski definition) is 9. The molecule has 1 aromatic rings. The van der Waals surface area contributed by atoms with E-state index in [-0.39, 0.29) is 10.9 Å². The third-order valence-corrected chi connectivity index (χ3v) is 7.82. The van der Waals surface area contributed by atoms with Gasteiger partial charge in [-0.1, -0.05) is 0 Å². The first-order valence-corrected chi connectivity index (χ1v) is 12.0. The van der Waals surface area contributed by atoms with Gasteiger partial charge in [0.1, 0.15) is 0 Å². The van der Waals surface area contributed by atoms with Crippen LogP contribution < -0.4 is 5.46 Å². The molecule has 10 nitrogen and oxygen atoms in total. The molecule has 2 aliphatic rings. The zero-order valence-electron chi connectivity index (χ0n) is 18.3. The van der Waals surface area contributed by atoms with E-state index in [0.29, 0.717) is 24.8 Å². The number of rotatable bonds is 6. The maximum Gasteiger partial charge on any atom is 0.498 e. The van der Waals surface area contributed by atoms with Crippen LogP contribution in [-0.4, -0.2) is 88.8 Å². The van der Waals surface area contributed by atoms with Crippen LogP contribution in [0.2, 0.25) is 0 Å². The van der Waals surface area contributed by atoms with Gasteiger partial charge in [-0.15, -0.1) is 0 Å². The number of carbonyl (C=O) groups excluding carboxylic acids is 1. The van der Waals surface area contributed by atoms with Crippen LogP contribution in [0.4, 0.5) is 0 Å². The SMILES string of the molecule is CC1(C)OB(c2cnc(S(=O)(=O)CC3CCCCN3C(=O)C(O)CO)nc2)OC1(C)C. The van der Waals surface area contributed by atoms with Crippen LogP contribution in [0.25, 0.3) is 0 Å². The van der Waals surface area contributed by atoms with Crippen LogP contribution in [0.3, 0.4) is 0 Å². The Morgan fingerprint density at radius 1 is 1.23 bits per heavy atom. The van der Waals surface area contributed by atoms with E-state index in [2.05, 4.69) is 9.97 Å². The normalized spacial score (nSPS) is 24.3. The predicted octanol–water partition coefficient (Wildman–Crippen LogP) is -0.716. The maximum atomic E-state index is 12.9. The van der Waals surface area contributed by atoms with E-state index in [1.54, 1.807) is 0 Å². The molecule has 1 aromatic heterocycles. The third-order valence-electron chi connectivity index (χ3n) is 6.23. The number of hydrogen-bond donors (Lipinski definition) is 2. The Kier molecular flexibility index (Phi) is 6.78. The number of piperidine rings is 1. The number of aromatic nitrogens is 2. The quantitative estimate of drug-likeness (QED) is 0.420. The Balaban J connectivity index is 1.74. The van der Waals surface area contributed by atoms with E-state index in [4.69, 9.17) is 14.4 Å². The van der Waals surface area contributed by atoms with Crippen molar-refractivity contribution >= 4 is 28.3 Å².